The molecular weight excluding hydrogens is 244 g/mol. The smallest absolute Gasteiger partial charge is 0.339 e. The van der Waals surface area contributed by atoms with E-state index in [1.807, 2.05) is 0 Å². The molecule has 0 aliphatic carbocycles. The summed E-state index contributed by atoms with van der Waals surface area (Å²) in [6.45, 7) is 0. The number of nitrogens with one attached hydrogen (secondary N) is 1. The fourth-order valence-corrected chi connectivity index (χ4v) is 1.74. The monoisotopic (exact) mass is 252 g/mol. The normalized spacial score (nSPS) is 10.2. The van der Waals surface area contributed by atoms with Gasteiger partial charge in [0.05, 0.1) is 24.0 Å². The molecule has 0 aliphatic heterocycles. The van der Waals surface area contributed by atoms with Gasteiger partial charge in [0, 0.05) is 5.56 Å². The van der Waals surface area contributed by atoms with E-state index in [0.717, 1.165) is 0 Å². The van der Waals surface area contributed by atoms with Crippen LogP contribution in [0.4, 0.5) is 0 Å². The van der Waals surface area contributed by atoms with Gasteiger partial charge in [0.25, 0.3) is 0 Å². The molecule has 0 bridgehead atoms. The molecule has 88 valence electrons. The number of hydrogen-bond acceptors (Lipinski definition) is 3. The quantitative estimate of drug-likeness (QED) is 0.880. The first-order chi connectivity index (χ1) is 8.13. The van der Waals surface area contributed by atoms with Crippen molar-refractivity contribution >= 4 is 17.6 Å². The van der Waals surface area contributed by atoms with E-state index in [2.05, 4.69) is 10.2 Å². The summed E-state index contributed by atoms with van der Waals surface area (Å²) in [7, 11) is 1.53. The predicted octanol–water partition coefficient (Wildman–Crippen LogP) is 2.44. The zero-order valence-corrected chi connectivity index (χ0v) is 9.65. The Morgan fingerprint density at radius 2 is 2.29 bits per heavy atom. The fourth-order valence-electron chi connectivity index (χ4n) is 1.48. The number of carboxylic acid groups (broad SMARTS) is 1. The number of aromatic amines is 1. The highest BCUT2D eigenvalue weighted by molar-refractivity contribution is 6.33. The van der Waals surface area contributed by atoms with Crippen molar-refractivity contribution in [2.45, 2.75) is 0 Å². The summed E-state index contributed by atoms with van der Waals surface area (Å²) >= 11 is 6.06. The molecule has 0 fully saturated rings. The molecule has 0 radical (unpaired) electrons. The van der Waals surface area contributed by atoms with E-state index in [1.165, 1.54) is 13.3 Å². The topological polar surface area (TPSA) is 75.2 Å². The van der Waals surface area contributed by atoms with E-state index in [1.54, 1.807) is 18.2 Å². The molecule has 0 saturated heterocycles. The highest BCUT2D eigenvalue weighted by Crippen LogP contribution is 2.31. The maximum absolute atomic E-state index is 11.0. The molecule has 2 rings (SSSR count). The molecule has 0 spiro atoms. The molecule has 5 nitrogen and oxygen atoms in total. The maximum Gasteiger partial charge on any atom is 0.339 e. The van der Waals surface area contributed by atoms with E-state index >= 15 is 0 Å². The average molecular weight is 253 g/mol. The lowest BCUT2D eigenvalue weighted by Gasteiger charge is -2.05. The van der Waals surface area contributed by atoms with E-state index < -0.39 is 5.97 Å². The van der Waals surface area contributed by atoms with Gasteiger partial charge < -0.3 is 9.84 Å². The molecule has 1 aromatic heterocycles. The Balaban J connectivity index is 2.53. The van der Waals surface area contributed by atoms with Gasteiger partial charge >= 0.3 is 5.97 Å². The van der Waals surface area contributed by atoms with Gasteiger partial charge in [0.1, 0.15) is 11.3 Å². The molecule has 2 N–H and O–H groups in total. The Kier molecular flexibility index (Phi) is 3.01. The van der Waals surface area contributed by atoms with Crippen LogP contribution in [0.25, 0.3) is 11.3 Å². The minimum Gasteiger partial charge on any atom is -0.497 e. The zero-order valence-electron chi connectivity index (χ0n) is 8.90. The predicted molar refractivity (Wildman–Crippen MR) is 62.5 cm³/mol. The van der Waals surface area contributed by atoms with Crippen LogP contribution in [0.3, 0.4) is 0 Å². The minimum atomic E-state index is -1.05. The number of benzene rings is 1. The van der Waals surface area contributed by atoms with Crippen LogP contribution >= 0.6 is 11.6 Å². The molecule has 0 saturated carbocycles. The molecule has 1 aromatic carbocycles. The van der Waals surface area contributed by atoms with Crippen LogP contribution in [0.2, 0.25) is 5.02 Å². The standard InChI is InChI=1S/C11H9ClN2O3/c1-17-6-2-3-7(9(12)4-6)10-8(11(15)16)5-13-14-10/h2-5H,1H3,(H,13,14)(H,15,16). The summed E-state index contributed by atoms with van der Waals surface area (Å²) in [6, 6.07) is 5.00. The van der Waals surface area contributed by atoms with Crippen molar-refractivity contribution < 1.29 is 14.6 Å². The Labute approximate surface area is 102 Å². The van der Waals surface area contributed by atoms with E-state index in [-0.39, 0.29) is 5.56 Å². The number of rotatable bonds is 3. The van der Waals surface area contributed by atoms with Gasteiger partial charge in [-0.1, -0.05) is 11.6 Å². The van der Waals surface area contributed by atoms with Gasteiger partial charge in [-0.3, -0.25) is 5.10 Å². The number of ether oxygens (including phenoxy) is 1. The van der Waals surface area contributed by atoms with Crippen molar-refractivity contribution in [3.05, 3.63) is 35.0 Å². The second-order valence-electron chi connectivity index (χ2n) is 3.31. The van der Waals surface area contributed by atoms with Gasteiger partial charge in [0.15, 0.2) is 0 Å². The van der Waals surface area contributed by atoms with Crippen molar-refractivity contribution in [3.63, 3.8) is 0 Å². The molecule has 17 heavy (non-hydrogen) atoms. The van der Waals surface area contributed by atoms with Crippen molar-refractivity contribution in [2.24, 2.45) is 0 Å². The number of aromatic carboxylic acids is 1. The molecular formula is C11H9ClN2O3. The van der Waals surface area contributed by atoms with E-state index in [9.17, 15) is 4.79 Å². The van der Waals surface area contributed by atoms with Crippen LogP contribution in [0.5, 0.6) is 5.75 Å². The van der Waals surface area contributed by atoms with Crippen LogP contribution < -0.4 is 4.74 Å². The number of carbonyl (C=O) groups is 1. The number of hydrogen-bond donors (Lipinski definition) is 2. The van der Waals surface area contributed by atoms with Crippen LogP contribution in [0.1, 0.15) is 10.4 Å². The highest BCUT2D eigenvalue weighted by Gasteiger charge is 2.16. The van der Waals surface area contributed by atoms with Crippen LogP contribution in [-0.4, -0.2) is 28.4 Å². The van der Waals surface area contributed by atoms with Gasteiger partial charge in [-0.2, -0.15) is 5.10 Å². The molecule has 0 atom stereocenters. The Hall–Kier alpha value is -2.01. The number of methoxy groups -OCH3 is 1. The van der Waals surface area contributed by atoms with Crippen LogP contribution in [0.15, 0.2) is 24.4 Å². The Morgan fingerprint density at radius 3 is 2.88 bits per heavy atom. The van der Waals surface area contributed by atoms with Crippen LogP contribution in [-0.2, 0) is 0 Å². The lowest BCUT2D eigenvalue weighted by atomic mass is 10.1. The molecule has 2 aromatic rings. The third-order valence-corrected chi connectivity index (χ3v) is 2.63. The van der Waals surface area contributed by atoms with E-state index in [0.29, 0.717) is 22.0 Å². The number of carboxylic acids is 1. The van der Waals surface area contributed by atoms with Gasteiger partial charge in [-0.15, -0.1) is 0 Å². The lowest BCUT2D eigenvalue weighted by Crippen LogP contribution is -1.97. The summed E-state index contributed by atoms with van der Waals surface area (Å²) in [4.78, 5) is 11.0. The van der Waals surface area contributed by atoms with Gasteiger partial charge in [-0.25, -0.2) is 4.79 Å². The highest BCUT2D eigenvalue weighted by atomic mass is 35.5. The minimum absolute atomic E-state index is 0.0806. The van der Waals surface area contributed by atoms with E-state index in [4.69, 9.17) is 21.4 Å². The van der Waals surface area contributed by atoms with Gasteiger partial charge in [0.2, 0.25) is 0 Å². The Bertz CT molecular complexity index is 566. The zero-order chi connectivity index (χ0) is 12.4. The molecule has 0 amide bonds. The molecule has 1 heterocycles. The summed E-state index contributed by atoms with van der Waals surface area (Å²) in [6.07, 6.45) is 1.25. The Morgan fingerprint density at radius 1 is 1.53 bits per heavy atom. The lowest BCUT2D eigenvalue weighted by molar-refractivity contribution is 0.0698. The first kappa shape index (κ1) is 11.5. The summed E-state index contributed by atoms with van der Waals surface area (Å²) in [5.41, 5.74) is 1.03. The van der Waals surface area contributed by atoms with Crippen LogP contribution in [0, 0.1) is 0 Å². The van der Waals surface area contributed by atoms with Crippen molar-refractivity contribution in [2.75, 3.05) is 7.11 Å². The summed E-state index contributed by atoms with van der Waals surface area (Å²) in [5, 5.41) is 15.7. The molecule has 0 aliphatic rings. The SMILES string of the molecule is COc1ccc(-c2[nH]ncc2C(=O)O)c(Cl)c1. The summed E-state index contributed by atoms with van der Waals surface area (Å²) < 4.78 is 5.02. The van der Waals surface area contributed by atoms with Crippen molar-refractivity contribution in [3.8, 4) is 17.0 Å². The number of nitrogens with zero attached hydrogens (tertiary/aromatic N) is 1. The second kappa shape index (κ2) is 4.47. The molecule has 6 heteroatoms. The third-order valence-electron chi connectivity index (χ3n) is 2.32. The largest absolute Gasteiger partial charge is 0.497 e. The first-order valence-electron chi connectivity index (χ1n) is 4.74. The van der Waals surface area contributed by atoms with Gasteiger partial charge in [-0.05, 0) is 18.2 Å². The molecule has 0 unspecified atom stereocenters. The number of H-pyrrole nitrogens is 1. The second-order valence-corrected chi connectivity index (χ2v) is 3.72. The summed E-state index contributed by atoms with van der Waals surface area (Å²) in [5.74, 6) is -0.448. The first-order valence-corrected chi connectivity index (χ1v) is 5.12. The third kappa shape index (κ3) is 2.09. The van der Waals surface area contributed by atoms with Crippen molar-refractivity contribution in [1.29, 1.82) is 0 Å². The average Bonchev–Trinajstić information content (AvgIpc) is 2.77. The van der Waals surface area contributed by atoms with Crippen molar-refractivity contribution in [1.82, 2.24) is 10.2 Å². The number of aromatic nitrogens is 2. The number of halogens is 1. The fraction of sp³-hybridized carbons (Fsp3) is 0.0909. The maximum atomic E-state index is 11.0.